The van der Waals surface area contributed by atoms with Gasteiger partial charge >= 0.3 is 23.5 Å². The number of carbonyl (C=O) groups is 3. The van der Waals surface area contributed by atoms with Crippen LogP contribution in [0.2, 0.25) is 0 Å². The van der Waals surface area contributed by atoms with E-state index in [-0.39, 0.29) is 54.0 Å². The van der Waals surface area contributed by atoms with E-state index in [9.17, 15) is 57.9 Å². The van der Waals surface area contributed by atoms with Crippen molar-refractivity contribution < 1.29 is 85.6 Å². The molecule has 0 spiro atoms. The lowest BCUT2D eigenvalue weighted by Crippen LogP contribution is -2.46. The fraction of sp³-hybridized carbons (Fsp3) is 0.704. The van der Waals surface area contributed by atoms with Gasteiger partial charge in [-0.2, -0.15) is 4.31 Å². The standard InChI is InChI=1S/C27H47N8O18P3S/c1-27(2,21(39)24(40)31-7-6-17(37)30-8-10-57-26(41)15(28)5-3-4-9-36)12-50-56(47,48)53-55(45,46)49-11-16-20(52-54(42,43)44)19(38)25(51-16)35-14-34-18-22(29)32-13-33-23(18)35/h13-16,19-21,25,36,38-39H,3-12,28H2,1-2H3,(H,30,37)(H,31,40)(H,45,46)(H,47,48)(H2,29,32,33)(H2,42,43,44). The molecule has 3 rings (SSSR count). The van der Waals surface area contributed by atoms with Crippen LogP contribution in [0.1, 0.15) is 45.8 Å². The maximum atomic E-state index is 12.7. The number of aliphatic hydroxyl groups is 3. The number of hydrogen-bond donors (Lipinski definition) is 11. The molecule has 0 aliphatic carbocycles. The van der Waals surface area contributed by atoms with Crippen LogP contribution in [-0.4, -0.2) is 140 Å². The molecule has 324 valence electrons. The normalized spacial score (nSPS) is 22.1. The zero-order chi connectivity index (χ0) is 42.8. The Morgan fingerprint density at radius 1 is 1.05 bits per heavy atom. The van der Waals surface area contributed by atoms with Crippen LogP contribution in [0.5, 0.6) is 0 Å². The number of nitrogens with two attached hydrogens (primary N) is 2. The number of imidazole rings is 1. The van der Waals surface area contributed by atoms with E-state index in [4.69, 9.17) is 30.4 Å². The van der Waals surface area contributed by atoms with Crippen molar-refractivity contribution in [2.45, 2.75) is 76.2 Å². The molecule has 0 radical (unpaired) electrons. The molecule has 1 fully saturated rings. The molecule has 30 heteroatoms. The van der Waals surface area contributed by atoms with Gasteiger partial charge in [-0.25, -0.2) is 28.6 Å². The zero-order valence-corrected chi connectivity index (χ0v) is 34.0. The largest absolute Gasteiger partial charge is 0.481 e. The Hall–Kier alpha value is -2.52. The van der Waals surface area contributed by atoms with Gasteiger partial charge in [-0.15, -0.1) is 0 Å². The number of anilines is 1. The highest BCUT2D eigenvalue weighted by atomic mass is 32.2. The number of amides is 2. The summed E-state index contributed by atoms with van der Waals surface area (Å²) < 4.78 is 62.1. The van der Waals surface area contributed by atoms with E-state index in [0.717, 1.165) is 29.0 Å². The summed E-state index contributed by atoms with van der Waals surface area (Å²) >= 11 is 0.949. The summed E-state index contributed by atoms with van der Waals surface area (Å²) in [6, 6.07) is -0.686. The molecule has 26 nitrogen and oxygen atoms in total. The average molecular weight is 897 g/mol. The molecule has 13 N–H and O–H groups in total. The highest BCUT2D eigenvalue weighted by Crippen LogP contribution is 2.61. The number of hydrogen-bond acceptors (Lipinski definition) is 20. The molecular weight excluding hydrogens is 849 g/mol. The van der Waals surface area contributed by atoms with Crippen LogP contribution in [0.4, 0.5) is 5.82 Å². The minimum absolute atomic E-state index is 0.00586. The van der Waals surface area contributed by atoms with E-state index in [1.54, 1.807) is 0 Å². The molecule has 2 amide bonds. The minimum Gasteiger partial charge on any atom is -0.396 e. The maximum absolute atomic E-state index is 12.7. The lowest BCUT2D eigenvalue weighted by Gasteiger charge is -2.30. The summed E-state index contributed by atoms with van der Waals surface area (Å²) in [6.45, 7) is 0.347. The number of aromatic nitrogens is 4. The van der Waals surface area contributed by atoms with E-state index in [1.807, 2.05) is 0 Å². The number of rotatable bonds is 24. The highest BCUT2D eigenvalue weighted by Gasteiger charge is 2.50. The number of nitrogens with one attached hydrogen (secondary N) is 2. The van der Waals surface area contributed by atoms with Gasteiger partial charge < -0.3 is 61.7 Å². The van der Waals surface area contributed by atoms with Gasteiger partial charge in [-0.3, -0.25) is 32.5 Å². The third kappa shape index (κ3) is 15.2. The first-order valence-electron chi connectivity index (χ1n) is 16.9. The van der Waals surface area contributed by atoms with Crippen molar-refractivity contribution in [2.24, 2.45) is 11.1 Å². The van der Waals surface area contributed by atoms with Gasteiger partial charge in [0, 0.05) is 37.3 Å². The average Bonchev–Trinajstić information content (AvgIpc) is 3.68. The minimum atomic E-state index is -5.58. The van der Waals surface area contributed by atoms with Crippen LogP contribution in [0.3, 0.4) is 0 Å². The number of aliphatic hydroxyl groups excluding tert-OH is 3. The number of ether oxygens (including phenoxy) is 1. The maximum Gasteiger partial charge on any atom is 0.481 e. The smallest absolute Gasteiger partial charge is 0.396 e. The van der Waals surface area contributed by atoms with E-state index < -0.39 is 90.6 Å². The monoisotopic (exact) mass is 896 g/mol. The number of nitrogen functional groups attached to an aromatic ring is 1. The summed E-state index contributed by atoms with van der Waals surface area (Å²) in [5.74, 6) is -1.27. The third-order valence-electron chi connectivity index (χ3n) is 7.97. The number of nitrogens with zero attached hydrogens (tertiary/aromatic N) is 4. The van der Waals surface area contributed by atoms with Crippen molar-refractivity contribution in [3.63, 3.8) is 0 Å². The fourth-order valence-corrected chi connectivity index (χ4v) is 8.55. The molecular formula is C27H47N8O18P3S. The Kier molecular flexibility index (Phi) is 18.1. The first-order chi connectivity index (χ1) is 26.5. The molecule has 57 heavy (non-hydrogen) atoms. The van der Waals surface area contributed by atoms with Gasteiger partial charge in [0.1, 0.15) is 36.3 Å². The molecule has 3 heterocycles. The highest BCUT2D eigenvalue weighted by molar-refractivity contribution is 8.13. The van der Waals surface area contributed by atoms with Crippen LogP contribution in [0, 0.1) is 5.41 Å². The first-order valence-corrected chi connectivity index (χ1v) is 22.4. The number of thioether (sulfide) groups is 1. The van der Waals surface area contributed by atoms with Crippen molar-refractivity contribution in [1.82, 2.24) is 30.2 Å². The second kappa shape index (κ2) is 21.1. The molecule has 8 unspecified atom stereocenters. The van der Waals surface area contributed by atoms with Crippen LogP contribution >= 0.6 is 35.2 Å². The number of carbonyl (C=O) groups excluding carboxylic acids is 3. The van der Waals surface area contributed by atoms with Crippen LogP contribution < -0.4 is 22.1 Å². The zero-order valence-electron chi connectivity index (χ0n) is 30.5. The van der Waals surface area contributed by atoms with E-state index >= 15 is 0 Å². The van der Waals surface area contributed by atoms with Crippen molar-refractivity contribution in [2.75, 3.05) is 44.4 Å². The van der Waals surface area contributed by atoms with Crippen LogP contribution in [0.15, 0.2) is 12.7 Å². The van der Waals surface area contributed by atoms with Crippen molar-refractivity contribution in [1.29, 1.82) is 0 Å². The Morgan fingerprint density at radius 3 is 2.40 bits per heavy atom. The van der Waals surface area contributed by atoms with Gasteiger partial charge in [0.25, 0.3) is 0 Å². The first kappa shape index (κ1) is 48.8. The van der Waals surface area contributed by atoms with E-state index in [0.29, 0.717) is 19.3 Å². The Labute approximate surface area is 328 Å². The molecule has 1 aliphatic rings. The SMILES string of the molecule is CC(C)(COP(=O)(O)OP(=O)(O)OCC1OC(n2cnc3c(N)ncnc32)C(O)C1OP(=O)(O)O)C(O)C(=O)NCCC(=O)NCCSC(=O)C(N)CCCCO. The molecule has 1 saturated heterocycles. The number of phosphoric acid groups is 3. The van der Waals surface area contributed by atoms with Gasteiger partial charge in [0.2, 0.25) is 16.9 Å². The van der Waals surface area contributed by atoms with Gasteiger partial charge in [-0.05, 0) is 19.3 Å². The molecule has 2 aromatic rings. The molecule has 2 aromatic heterocycles. The molecule has 8 atom stereocenters. The number of unbranched alkanes of at least 4 members (excludes halogenated alkanes) is 1. The fourth-order valence-electron chi connectivity index (χ4n) is 4.98. The lowest BCUT2D eigenvalue weighted by molar-refractivity contribution is -0.137. The van der Waals surface area contributed by atoms with Crippen molar-refractivity contribution >= 4 is 69.1 Å². The Morgan fingerprint density at radius 2 is 1.74 bits per heavy atom. The molecule has 1 aliphatic heterocycles. The van der Waals surface area contributed by atoms with Gasteiger partial charge in [-0.1, -0.05) is 25.6 Å². The summed E-state index contributed by atoms with van der Waals surface area (Å²) in [7, 11) is -16.4. The summed E-state index contributed by atoms with van der Waals surface area (Å²) in [5.41, 5.74) is 10.0. The topological polar surface area (TPSA) is 410 Å². The van der Waals surface area contributed by atoms with Crippen molar-refractivity contribution in [3.05, 3.63) is 12.7 Å². The van der Waals surface area contributed by atoms with Crippen LogP contribution in [-0.2, 0) is 50.7 Å². The predicted molar refractivity (Wildman–Crippen MR) is 196 cm³/mol. The Balaban J connectivity index is 1.47. The summed E-state index contributed by atoms with van der Waals surface area (Å²) in [5, 5.41) is 34.9. The second-order valence-electron chi connectivity index (χ2n) is 13.1. The van der Waals surface area contributed by atoms with Gasteiger partial charge in [0.15, 0.2) is 17.7 Å². The quantitative estimate of drug-likeness (QED) is 0.0407. The Bertz CT molecular complexity index is 1840. The number of phosphoric ester groups is 3. The van der Waals surface area contributed by atoms with E-state index in [1.165, 1.54) is 13.8 Å². The predicted octanol–water partition coefficient (Wildman–Crippen LogP) is -1.85. The van der Waals surface area contributed by atoms with Gasteiger partial charge in [0.05, 0.1) is 25.6 Å². The van der Waals surface area contributed by atoms with Crippen molar-refractivity contribution in [3.8, 4) is 0 Å². The second-order valence-corrected chi connectivity index (χ2v) is 18.4. The summed E-state index contributed by atoms with van der Waals surface area (Å²) in [4.78, 5) is 87.6. The molecule has 0 saturated carbocycles. The lowest BCUT2D eigenvalue weighted by atomic mass is 9.87. The number of fused-ring (bicyclic) bond motifs is 1. The summed E-state index contributed by atoms with van der Waals surface area (Å²) in [6.07, 6.45) is -5.45. The van der Waals surface area contributed by atoms with Crippen LogP contribution in [0.25, 0.3) is 11.2 Å². The van der Waals surface area contributed by atoms with E-state index in [2.05, 4.69) is 34.4 Å². The molecule has 0 bridgehead atoms. The molecule has 0 aromatic carbocycles. The third-order valence-corrected chi connectivity index (χ3v) is 12.1.